The van der Waals surface area contributed by atoms with Crippen molar-refractivity contribution in [1.29, 1.82) is 0 Å². The number of nitrogens with zero attached hydrogens (tertiary/aromatic N) is 1. The summed E-state index contributed by atoms with van der Waals surface area (Å²) in [5.74, 6) is -1.28. The summed E-state index contributed by atoms with van der Waals surface area (Å²) >= 11 is 0. The van der Waals surface area contributed by atoms with Crippen molar-refractivity contribution in [3.8, 4) is 0 Å². The maximum absolute atomic E-state index is 12.9. The summed E-state index contributed by atoms with van der Waals surface area (Å²) in [5.41, 5.74) is -1.81. The predicted octanol–water partition coefficient (Wildman–Crippen LogP) is 3.34. The first kappa shape index (κ1) is 17.8. The highest BCUT2D eigenvalue weighted by Gasteiger charge is 2.55. The molecule has 0 unspecified atom stereocenters. The number of piperidine rings is 1. The molecule has 0 saturated carbocycles. The number of halogens is 3. The number of rotatable bonds is 3. The van der Waals surface area contributed by atoms with E-state index in [2.05, 4.69) is 0 Å². The van der Waals surface area contributed by atoms with Gasteiger partial charge in [-0.3, -0.25) is 4.79 Å². The van der Waals surface area contributed by atoms with Crippen molar-refractivity contribution in [1.82, 2.24) is 4.90 Å². The fourth-order valence-corrected chi connectivity index (χ4v) is 3.05. The maximum Gasteiger partial charge on any atom is 0.417 e. The standard InChI is InChI=1S/C17H22F3NO2/c1-12(13-6-4-3-5-7-13)15(22)21-10-8-14(9-11-21)16(2,23)17(18,19)20/h3-7,12,14,23H,8-11H2,1-2H3/t12-,16+/m0/s1. The third-order valence-electron chi connectivity index (χ3n) is 4.85. The third-order valence-corrected chi connectivity index (χ3v) is 4.85. The van der Waals surface area contributed by atoms with Crippen molar-refractivity contribution in [3.05, 3.63) is 35.9 Å². The molecule has 0 aromatic heterocycles. The highest BCUT2D eigenvalue weighted by atomic mass is 19.4. The number of alkyl halides is 3. The van der Waals surface area contributed by atoms with Crippen molar-refractivity contribution < 1.29 is 23.1 Å². The van der Waals surface area contributed by atoms with E-state index >= 15 is 0 Å². The van der Waals surface area contributed by atoms with Gasteiger partial charge in [0, 0.05) is 13.1 Å². The molecule has 2 rings (SSSR count). The Hall–Kier alpha value is -1.56. The second-order valence-electron chi connectivity index (χ2n) is 6.38. The molecular formula is C17H22F3NO2. The van der Waals surface area contributed by atoms with Crippen LogP contribution in [0.4, 0.5) is 13.2 Å². The summed E-state index contributed by atoms with van der Waals surface area (Å²) in [6, 6.07) is 9.30. The Morgan fingerprint density at radius 3 is 2.22 bits per heavy atom. The van der Waals surface area contributed by atoms with Crippen molar-refractivity contribution in [2.45, 2.75) is 44.4 Å². The minimum Gasteiger partial charge on any atom is -0.380 e. The van der Waals surface area contributed by atoms with Crippen LogP contribution in [0.5, 0.6) is 0 Å². The number of likely N-dealkylation sites (tertiary alicyclic amines) is 1. The molecule has 1 aliphatic heterocycles. The lowest BCUT2D eigenvalue weighted by Gasteiger charge is -2.40. The summed E-state index contributed by atoms with van der Waals surface area (Å²) in [5, 5.41) is 9.76. The molecule has 2 atom stereocenters. The van der Waals surface area contributed by atoms with Gasteiger partial charge in [-0.05, 0) is 38.2 Å². The summed E-state index contributed by atoms with van der Waals surface area (Å²) in [6.45, 7) is 3.11. The van der Waals surface area contributed by atoms with Crippen molar-refractivity contribution in [2.24, 2.45) is 5.92 Å². The zero-order valence-corrected chi connectivity index (χ0v) is 13.3. The first-order chi connectivity index (χ1) is 10.6. The van der Waals surface area contributed by atoms with E-state index in [0.717, 1.165) is 12.5 Å². The molecule has 23 heavy (non-hydrogen) atoms. The van der Waals surface area contributed by atoms with E-state index in [1.807, 2.05) is 30.3 Å². The summed E-state index contributed by atoms with van der Waals surface area (Å²) in [7, 11) is 0. The highest BCUT2D eigenvalue weighted by molar-refractivity contribution is 5.83. The SMILES string of the molecule is C[C@H](C(=O)N1CCC([C@@](C)(O)C(F)(F)F)CC1)c1ccccc1. The van der Waals surface area contributed by atoms with Crippen LogP contribution in [-0.2, 0) is 4.79 Å². The molecule has 0 bridgehead atoms. The van der Waals surface area contributed by atoms with Gasteiger partial charge < -0.3 is 10.0 Å². The Morgan fingerprint density at radius 1 is 1.22 bits per heavy atom. The fourth-order valence-electron chi connectivity index (χ4n) is 3.05. The van der Waals surface area contributed by atoms with Crippen LogP contribution < -0.4 is 0 Å². The van der Waals surface area contributed by atoms with Crippen LogP contribution in [0.1, 0.15) is 38.2 Å². The smallest absolute Gasteiger partial charge is 0.380 e. The van der Waals surface area contributed by atoms with Gasteiger partial charge in [0.1, 0.15) is 0 Å². The van der Waals surface area contributed by atoms with Crippen LogP contribution in [-0.4, -0.2) is 40.8 Å². The van der Waals surface area contributed by atoms with Gasteiger partial charge in [-0.15, -0.1) is 0 Å². The molecule has 0 aliphatic carbocycles. The van der Waals surface area contributed by atoms with Crippen LogP contribution in [0.3, 0.4) is 0 Å². The fraction of sp³-hybridized carbons (Fsp3) is 0.588. The first-order valence-corrected chi connectivity index (χ1v) is 7.77. The highest BCUT2D eigenvalue weighted by Crippen LogP contribution is 2.40. The lowest BCUT2D eigenvalue weighted by molar-refractivity contribution is -0.275. The quantitative estimate of drug-likeness (QED) is 0.924. The molecule has 1 aromatic rings. The van der Waals surface area contributed by atoms with E-state index in [9.17, 15) is 23.1 Å². The van der Waals surface area contributed by atoms with Crippen LogP contribution in [0.15, 0.2) is 30.3 Å². The van der Waals surface area contributed by atoms with E-state index in [-0.39, 0.29) is 37.8 Å². The Morgan fingerprint density at radius 2 is 1.74 bits per heavy atom. The Balaban J connectivity index is 1.98. The van der Waals surface area contributed by atoms with Crippen molar-refractivity contribution in [3.63, 3.8) is 0 Å². The molecule has 0 spiro atoms. The molecule has 1 heterocycles. The van der Waals surface area contributed by atoms with Gasteiger partial charge in [0.15, 0.2) is 5.60 Å². The number of carbonyl (C=O) groups excluding carboxylic acids is 1. The van der Waals surface area contributed by atoms with Crippen LogP contribution >= 0.6 is 0 Å². The monoisotopic (exact) mass is 329 g/mol. The number of hydrogen-bond acceptors (Lipinski definition) is 2. The molecule has 1 aliphatic rings. The summed E-state index contributed by atoms with van der Waals surface area (Å²) in [4.78, 5) is 14.1. The maximum atomic E-state index is 12.9. The molecule has 128 valence electrons. The van der Waals surface area contributed by atoms with E-state index in [4.69, 9.17) is 0 Å². The Bertz CT molecular complexity index is 535. The second-order valence-corrected chi connectivity index (χ2v) is 6.38. The van der Waals surface area contributed by atoms with E-state index < -0.39 is 17.7 Å². The Kier molecular flexibility index (Phi) is 5.04. The molecule has 1 aromatic carbocycles. The van der Waals surface area contributed by atoms with Gasteiger partial charge in [-0.25, -0.2) is 0 Å². The average molecular weight is 329 g/mol. The zero-order valence-electron chi connectivity index (χ0n) is 13.3. The topological polar surface area (TPSA) is 40.5 Å². The average Bonchev–Trinajstić information content (AvgIpc) is 2.53. The van der Waals surface area contributed by atoms with Crippen molar-refractivity contribution in [2.75, 3.05) is 13.1 Å². The number of benzene rings is 1. The number of aliphatic hydroxyl groups is 1. The number of carbonyl (C=O) groups is 1. The largest absolute Gasteiger partial charge is 0.417 e. The predicted molar refractivity (Wildman–Crippen MR) is 80.8 cm³/mol. The Labute approximate surface area is 134 Å². The normalized spacial score (nSPS) is 20.9. The second kappa shape index (κ2) is 6.51. The molecule has 6 heteroatoms. The van der Waals surface area contributed by atoms with Gasteiger partial charge in [-0.2, -0.15) is 13.2 Å². The lowest BCUT2D eigenvalue weighted by atomic mass is 9.81. The lowest BCUT2D eigenvalue weighted by Crippen LogP contribution is -2.53. The van der Waals surface area contributed by atoms with Gasteiger partial charge in [0.05, 0.1) is 5.92 Å². The minimum atomic E-state index is -4.65. The molecule has 3 nitrogen and oxygen atoms in total. The summed E-state index contributed by atoms with van der Waals surface area (Å²) in [6.07, 6.45) is -4.35. The van der Waals surface area contributed by atoms with Crippen LogP contribution in [0, 0.1) is 5.92 Å². The minimum absolute atomic E-state index is 0.0821. The van der Waals surface area contributed by atoms with E-state index in [1.54, 1.807) is 11.8 Å². The molecular weight excluding hydrogens is 307 g/mol. The molecule has 0 radical (unpaired) electrons. The van der Waals surface area contributed by atoms with Gasteiger partial charge in [-0.1, -0.05) is 30.3 Å². The number of hydrogen-bond donors (Lipinski definition) is 1. The van der Waals surface area contributed by atoms with E-state index in [0.29, 0.717) is 0 Å². The van der Waals surface area contributed by atoms with Crippen LogP contribution in [0.25, 0.3) is 0 Å². The molecule has 1 fully saturated rings. The van der Waals surface area contributed by atoms with Crippen LogP contribution in [0.2, 0.25) is 0 Å². The van der Waals surface area contributed by atoms with Crippen molar-refractivity contribution >= 4 is 5.91 Å². The summed E-state index contributed by atoms with van der Waals surface area (Å²) < 4.78 is 38.7. The third kappa shape index (κ3) is 3.68. The molecule has 1 amide bonds. The first-order valence-electron chi connectivity index (χ1n) is 7.77. The van der Waals surface area contributed by atoms with Gasteiger partial charge >= 0.3 is 6.18 Å². The van der Waals surface area contributed by atoms with Gasteiger partial charge in [0.2, 0.25) is 5.91 Å². The molecule has 1 N–H and O–H groups in total. The zero-order chi connectivity index (χ0) is 17.3. The van der Waals surface area contributed by atoms with Gasteiger partial charge in [0.25, 0.3) is 0 Å². The molecule has 1 saturated heterocycles. The number of amides is 1. The van der Waals surface area contributed by atoms with E-state index in [1.165, 1.54) is 0 Å².